The monoisotopic (exact) mass is 199 g/mol. The molecule has 0 unspecified atom stereocenters. The van der Waals surface area contributed by atoms with Crippen LogP contribution >= 0.6 is 0 Å². The molecule has 14 heavy (non-hydrogen) atoms. The van der Waals surface area contributed by atoms with Crippen LogP contribution < -0.4 is 0 Å². The van der Waals surface area contributed by atoms with Gasteiger partial charge in [-0.15, -0.1) is 0 Å². The van der Waals surface area contributed by atoms with E-state index in [-0.39, 0.29) is 0 Å². The van der Waals surface area contributed by atoms with Crippen LogP contribution in [0.4, 0.5) is 10.1 Å². The fourth-order valence-corrected chi connectivity index (χ4v) is 1.07. The number of aromatic hydroxyl groups is 1. The average molecular weight is 199 g/mol. The first-order valence-electron chi connectivity index (χ1n) is 3.61. The van der Waals surface area contributed by atoms with Crippen LogP contribution in [0.2, 0.25) is 0 Å². The molecule has 0 aliphatic rings. The number of phenolic OH excluding ortho intramolecular Hbond substituents is 1. The van der Waals surface area contributed by atoms with E-state index in [0.29, 0.717) is 6.07 Å². The van der Waals surface area contributed by atoms with Crippen molar-refractivity contribution in [2.75, 3.05) is 0 Å². The molecule has 0 amide bonds. The van der Waals surface area contributed by atoms with Crippen molar-refractivity contribution in [2.45, 2.75) is 6.92 Å². The molecule has 0 saturated heterocycles. The topological polar surface area (TPSA) is 80.4 Å². The minimum absolute atomic E-state index is 0.584. The van der Waals surface area contributed by atoms with E-state index in [1.54, 1.807) is 0 Å². The number of halogens is 1. The fraction of sp³-hybridized carbons (Fsp3) is 0.125. The number of hydrogen-bond acceptors (Lipinski definition) is 4. The summed E-state index contributed by atoms with van der Waals surface area (Å²) in [7, 11) is 0. The number of nitrogens with zero attached hydrogens (tertiary/aromatic N) is 1. The quantitative estimate of drug-likeness (QED) is 0.446. The van der Waals surface area contributed by atoms with Gasteiger partial charge in [0, 0.05) is 6.07 Å². The lowest BCUT2D eigenvalue weighted by Gasteiger charge is -2.01. The summed E-state index contributed by atoms with van der Waals surface area (Å²) < 4.78 is 13.0. The van der Waals surface area contributed by atoms with Gasteiger partial charge >= 0.3 is 0 Å². The Hall–Kier alpha value is -1.98. The van der Waals surface area contributed by atoms with Crippen LogP contribution in [0.15, 0.2) is 12.1 Å². The third-order valence-corrected chi connectivity index (χ3v) is 1.60. The summed E-state index contributed by atoms with van der Waals surface area (Å²) in [5.74, 6) is -2.43. The molecule has 6 heteroatoms. The highest BCUT2D eigenvalue weighted by atomic mass is 19.1. The molecule has 1 N–H and O–H groups in total. The molecule has 0 atom stereocenters. The molecule has 0 saturated carbocycles. The summed E-state index contributed by atoms with van der Waals surface area (Å²) in [6.07, 6.45) is 0. The normalized spacial score (nSPS) is 9.86. The van der Waals surface area contributed by atoms with Gasteiger partial charge in [-0.2, -0.15) is 0 Å². The Morgan fingerprint density at radius 1 is 1.57 bits per heavy atom. The molecule has 0 aliphatic heterocycles. The Morgan fingerprint density at radius 2 is 2.14 bits per heavy atom. The molecule has 74 valence electrons. The summed E-state index contributed by atoms with van der Waals surface area (Å²) >= 11 is 0. The molecule has 0 fully saturated rings. The zero-order valence-corrected chi connectivity index (χ0v) is 7.15. The first kappa shape index (κ1) is 10.1. The van der Waals surface area contributed by atoms with Crippen molar-refractivity contribution in [2.24, 2.45) is 0 Å². The Kier molecular flexibility index (Phi) is 2.46. The van der Waals surface area contributed by atoms with E-state index in [1.165, 1.54) is 0 Å². The lowest BCUT2D eigenvalue weighted by atomic mass is 10.1. The summed E-state index contributed by atoms with van der Waals surface area (Å²) in [4.78, 5) is 20.4. The van der Waals surface area contributed by atoms with E-state index >= 15 is 0 Å². The fourth-order valence-electron chi connectivity index (χ4n) is 1.07. The number of hydrogen-bond donors (Lipinski definition) is 1. The van der Waals surface area contributed by atoms with Gasteiger partial charge in [0.1, 0.15) is 17.1 Å². The van der Waals surface area contributed by atoms with E-state index in [9.17, 15) is 19.3 Å². The van der Waals surface area contributed by atoms with Crippen LogP contribution in [0.3, 0.4) is 0 Å². The predicted molar refractivity (Wildman–Crippen MR) is 44.7 cm³/mol. The van der Waals surface area contributed by atoms with E-state index in [2.05, 4.69) is 0 Å². The first-order chi connectivity index (χ1) is 6.43. The van der Waals surface area contributed by atoms with E-state index in [1.807, 2.05) is 0 Å². The van der Waals surface area contributed by atoms with Gasteiger partial charge in [0.15, 0.2) is 5.78 Å². The van der Waals surface area contributed by atoms with Gasteiger partial charge in [-0.1, -0.05) is 0 Å². The number of carbonyl (C=O) groups is 1. The minimum atomic E-state index is -1.09. The van der Waals surface area contributed by atoms with Crippen LogP contribution in [0.25, 0.3) is 0 Å². The third-order valence-electron chi connectivity index (χ3n) is 1.60. The number of ketones is 1. The number of carbonyl (C=O) groups excluding carboxylic acids is 1. The SMILES string of the molecule is CC(=O)c1c(F)cc(O)cc1[N+](=O)[O-]. The molecule has 0 spiro atoms. The maximum Gasteiger partial charge on any atom is 0.286 e. The van der Waals surface area contributed by atoms with Crippen molar-refractivity contribution >= 4 is 11.5 Å². The summed E-state index contributed by atoms with van der Waals surface area (Å²) in [6.45, 7) is 1.02. The van der Waals surface area contributed by atoms with E-state index < -0.39 is 33.5 Å². The lowest BCUT2D eigenvalue weighted by molar-refractivity contribution is -0.385. The van der Waals surface area contributed by atoms with Gasteiger partial charge in [0.2, 0.25) is 0 Å². The van der Waals surface area contributed by atoms with Crippen molar-refractivity contribution < 1.29 is 19.2 Å². The minimum Gasteiger partial charge on any atom is -0.508 e. The molecular weight excluding hydrogens is 193 g/mol. The maximum atomic E-state index is 13.0. The van der Waals surface area contributed by atoms with Crippen molar-refractivity contribution in [3.8, 4) is 5.75 Å². The second-order valence-electron chi connectivity index (χ2n) is 2.64. The van der Waals surface area contributed by atoms with Gasteiger partial charge < -0.3 is 5.11 Å². The zero-order chi connectivity index (χ0) is 10.9. The summed E-state index contributed by atoms with van der Waals surface area (Å²) in [6, 6.07) is 1.39. The summed E-state index contributed by atoms with van der Waals surface area (Å²) in [5.41, 5.74) is -1.34. The highest BCUT2D eigenvalue weighted by Crippen LogP contribution is 2.27. The largest absolute Gasteiger partial charge is 0.508 e. The zero-order valence-electron chi connectivity index (χ0n) is 7.15. The molecule has 5 nitrogen and oxygen atoms in total. The number of nitro benzene ring substituents is 1. The Morgan fingerprint density at radius 3 is 2.57 bits per heavy atom. The second kappa shape index (κ2) is 3.41. The van der Waals surface area contributed by atoms with Gasteiger partial charge in [0.05, 0.1) is 11.0 Å². The highest BCUT2D eigenvalue weighted by molar-refractivity contribution is 5.98. The molecule has 0 aliphatic carbocycles. The third kappa shape index (κ3) is 1.68. The molecule has 0 heterocycles. The molecular formula is C8H6FNO4. The van der Waals surface area contributed by atoms with Crippen molar-refractivity contribution in [3.05, 3.63) is 33.6 Å². The number of Topliss-reactive ketones (excluding diaryl/α,β-unsaturated/α-hetero) is 1. The van der Waals surface area contributed by atoms with Gasteiger partial charge in [-0.3, -0.25) is 14.9 Å². The highest BCUT2D eigenvalue weighted by Gasteiger charge is 2.23. The van der Waals surface area contributed by atoms with E-state index in [0.717, 1.165) is 13.0 Å². The predicted octanol–water partition coefficient (Wildman–Crippen LogP) is 1.64. The van der Waals surface area contributed by atoms with Crippen LogP contribution in [0, 0.1) is 15.9 Å². The second-order valence-corrected chi connectivity index (χ2v) is 2.64. The lowest BCUT2D eigenvalue weighted by Crippen LogP contribution is -2.03. The number of nitro groups is 1. The maximum absolute atomic E-state index is 13.0. The Labute approximate surface area is 77.9 Å². The molecule has 0 aromatic heterocycles. The summed E-state index contributed by atoms with van der Waals surface area (Å²) in [5, 5.41) is 19.3. The van der Waals surface area contributed by atoms with Crippen LogP contribution in [-0.4, -0.2) is 15.8 Å². The molecule has 1 rings (SSSR count). The Bertz CT molecular complexity index is 416. The van der Waals surface area contributed by atoms with Crippen LogP contribution in [0.5, 0.6) is 5.75 Å². The van der Waals surface area contributed by atoms with Gasteiger partial charge in [0.25, 0.3) is 5.69 Å². The number of rotatable bonds is 2. The number of benzene rings is 1. The molecule has 0 radical (unpaired) electrons. The van der Waals surface area contributed by atoms with Crippen molar-refractivity contribution in [1.82, 2.24) is 0 Å². The van der Waals surface area contributed by atoms with Crippen LogP contribution in [0.1, 0.15) is 17.3 Å². The van der Waals surface area contributed by atoms with Crippen molar-refractivity contribution in [1.29, 1.82) is 0 Å². The molecule has 0 bridgehead atoms. The van der Waals surface area contributed by atoms with Gasteiger partial charge in [-0.25, -0.2) is 4.39 Å². The Balaban J connectivity index is 3.52. The molecule has 1 aromatic rings. The molecule has 1 aromatic carbocycles. The van der Waals surface area contributed by atoms with E-state index in [4.69, 9.17) is 5.11 Å². The van der Waals surface area contributed by atoms with Gasteiger partial charge in [-0.05, 0) is 6.92 Å². The van der Waals surface area contributed by atoms with Crippen LogP contribution in [-0.2, 0) is 0 Å². The van der Waals surface area contributed by atoms with Crippen molar-refractivity contribution in [3.63, 3.8) is 0 Å². The smallest absolute Gasteiger partial charge is 0.286 e. The average Bonchev–Trinajstić information content (AvgIpc) is 2.01. The first-order valence-corrected chi connectivity index (χ1v) is 3.61. The standard InChI is InChI=1S/C8H6FNO4/c1-4(11)8-6(9)2-5(12)3-7(8)10(13)14/h2-3,12H,1H3. The number of phenols is 1.